The van der Waals surface area contributed by atoms with Gasteiger partial charge in [-0.15, -0.1) is 0 Å². The maximum atomic E-state index is 4.74. The minimum Gasteiger partial charge on any atom is -0.338 e. The zero-order valence-electron chi connectivity index (χ0n) is 11.6. The zero-order chi connectivity index (χ0) is 14.2. The topological polar surface area (TPSA) is 42.2 Å². The Labute approximate surface area is 122 Å². The molecule has 2 aromatic carbocycles. The molecule has 21 heavy (non-hydrogen) atoms. The number of hydrogen-bond donors (Lipinski definition) is 1. The Morgan fingerprint density at radius 3 is 2.67 bits per heavy atom. The quantitative estimate of drug-likeness (QED) is 0.602. The van der Waals surface area contributed by atoms with E-state index in [0.29, 0.717) is 0 Å². The molecular formula is C17H14N4. The van der Waals surface area contributed by atoms with Crippen LogP contribution in [0.2, 0.25) is 0 Å². The number of nitrogens with one attached hydrogen (secondary N) is 1. The van der Waals surface area contributed by atoms with Crippen LogP contribution in [0.15, 0.2) is 61.1 Å². The van der Waals surface area contributed by atoms with E-state index in [0.717, 1.165) is 28.1 Å². The first kappa shape index (κ1) is 11.9. The number of fused-ring (bicyclic) bond motifs is 3. The molecule has 0 unspecified atom stereocenters. The molecule has 1 N–H and O–H groups in total. The van der Waals surface area contributed by atoms with Crippen LogP contribution in [0.3, 0.4) is 0 Å². The molecule has 4 heteroatoms. The first-order valence-electron chi connectivity index (χ1n) is 6.86. The normalized spacial score (nSPS) is 11.1. The molecule has 0 bridgehead atoms. The van der Waals surface area contributed by atoms with Gasteiger partial charge in [-0.05, 0) is 30.7 Å². The summed E-state index contributed by atoms with van der Waals surface area (Å²) in [7, 11) is 0. The second-order valence-corrected chi connectivity index (χ2v) is 5.04. The first-order valence-corrected chi connectivity index (χ1v) is 6.86. The highest BCUT2D eigenvalue weighted by Crippen LogP contribution is 2.25. The summed E-state index contributed by atoms with van der Waals surface area (Å²) in [6.45, 7) is 2.08. The van der Waals surface area contributed by atoms with Crippen LogP contribution in [0.5, 0.6) is 0 Å². The lowest BCUT2D eigenvalue weighted by atomic mass is 10.2. The number of hydrogen-bond acceptors (Lipinski definition) is 3. The van der Waals surface area contributed by atoms with Crippen molar-refractivity contribution in [3.8, 4) is 0 Å². The van der Waals surface area contributed by atoms with E-state index in [1.807, 2.05) is 42.9 Å². The Balaban J connectivity index is 1.95. The SMILES string of the molecule is Cc1ccccc1Nc1nc2ccccc2n2cncc12. The van der Waals surface area contributed by atoms with Crippen molar-refractivity contribution in [3.63, 3.8) is 0 Å². The fraction of sp³-hybridized carbons (Fsp3) is 0.0588. The van der Waals surface area contributed by atoms with Crippen LogP contribution in [-0.4, -0.2) is 14.4 Å². The lowest BCUT2D eigenvalue weighted by Gasteiger charge is -2.11. The molecule has 0 atom stereocenters. The van der Waals surface area contributed by atoms with Crippen molar-refractivity contribution < 1.29 is 0 Å². The molecule has 0 saturated heterocycles. The Morgan fingerprint density at radius 2 is 1.76 bits per heavy atom. The van der Waals surface area contributed by atoms with Crippen molar-refractivity contribution in [1.29, 1.82) is 0 Å². The summed E-state index contributed by atoms with van der Waals surface area (Å²) in [4.78, 5) is 9.00. The summed E-state index contributed by atoms with van der Waals surface area (Å²) >= 11 is 0. The minimum atomic E-state index is 0.820. The molecule has 4 rings (SSSR count). The van der Waals surface area contributed by atoms with Crippen LogP contribution in [0.4, 0.5) is 11.5 Å². The summed E-state index contributed by atoms with van der Waals surface area (Å²) in [6, 6.07) is 16.3. The largest absolute Gasteiger partial charge is 0.338 e. The van der Waals surface area contributed by atoms with Gasteiger partial charge in [0.2, 0.25) is 0 Å². The van der Waals surface area contributed by atoms with Gasteiger partial charge in [-0.3, -0.25) is 4.40 Å². The minimum absolute atomic E-state index is 0.820. The third kappa shape index (κ3) is 1.92. The number of imidazole rings is 1. The number of para-hydroxylation sites is 3. The van der Waals surface area contributed by atoms with Gasteiger partial charge in [0.05, 0.1) is 23.6 Å². The second-order valence-electron chi connectivity index (χ2n) is 5.04. The van der Waals surface area contributed by atoms with Crippen LogP contribution in [0.25, 0.3) is 16.6 Å². The lowest BCUT2D eigenvalue weighted by Crippen LogP contribution is -2.00. The molecule has 0 aliphatic rings. The Kier molecular flexibility index (Phi) is 2.60. The average molecular weight is 274 g/mol. The number of benzene rings is 2. The summed E-state index contributed by atoms with van der Waals surface area (Å²) in [5, 5.41) is 3.42. The summed E-state index contributed by atoms with van der Waals surface area (Å²) < 4.78 is 2.06. The van der Waals surface area contributed by atoms with Gasteiger partial charge in [0.15, 0.2) is 5.82 Å². The van der Waals surface area contributed by atoms with Gasteiger partial charge in [0.25, 0.3) is 0 Å². The lowest BCUT2D eigenvalue weighted by molar-refractivity contribution is 1.19. The number of anilines is 2. The van der Waals surface area contributed by atoms with Crippen molar-refractivity contribution >= 4 is 28.1 Å². The third-order valence-corrected chi connectivity index (χ3v) is 3.65. The van der Waals surface area contributed by atoms with Gasteiger partial charge in [-0.2, -0.15) is 0 Å². The maximum absolute atomic E-state index is 4.74. The molecule has 0 radical (unpaired) electrons. The van der Waals surface area contributed by atoms with Gasteiger partial charge in [-0.25, -0.2) is 9.97 Å². The number of aromatic nitrogens is 3. The van der Waals surface area contributed by atoms with Gasteiger partial charge in [0.1, 0.15) is 5.52 Å². The highest BCUT2D eigenvalue weighted by Gasteiger charge is 2.09. The number of aryl methyl sites for hydroxylation is 1. The first-order chi connectivity index (χ1) is 10.3. The Bertz CT molecular complexity index is 940. The number of rotatable bonds is 2. The molecule has 4 aromatic rings. The van der Waals surface area contributed by atoms with Crippen molar-refractivity contribution in [3.05, 3.63) is 66.6 Å². The predicted molar refractivity (Wildman–Crippen MR) is 85.0 cm³/mol. The van der Waals surface area contributed by atoms with Crippen LogP contribution in [-0.2, 0) is 0 Å². The van der Waals surface area contributed by atoms with Crippen LogP contribution >= 0.6 is 0 Å². The zero-order valence-corrected chi connectivity index (χ0v) is 11.6. The van der Waals surface area contributed by atoms with E-state index < -0.39 is 0 Å². The highest BCUT2D eigenvalue weighted by molar-refractivity contribution is 5.85. The predicted octanol–water partition coefficient (Wildman–Crippen LogP) is 3.93. The highest BCUT2D eigenvalue weighted by atomic mass is 15.1. The van der Waals surface area contributed by atoms with Crippen molar-refractivity contribution in [2.45, 2.75) is 6.92 Å². The van der Waals surface area contributed by atoms with E-state index in [9.17, 15) is 0 Å². The fourth-order valence-corrected chi connectivity index (χ4v) is 2.54. The van der Waals surface area contributed by atoms with E-state index in [4.69, 9.17) is 4.98 Å². The van der Waals surface area contributed by atoms with Crippen molar-refractivity contribution in [2.24, 2.45) is 0 Å². The third-order valence-electron chi connectivity index (χ3n) is 3.65. The van der Waals surface area contributed by atoms with Gasteiger partial charge < -0.3 is 5.32 Å². The molecule has 0 aliphatic heterocycles. The maximum Gasteiger partial charge on any atom is 0.157 e. The Morgan fingerprint density at radius 1 is 0.952 bits per heavy atom. The van der Waals surface area contributed by atoms with E-state index >= 15 is 0 Å². The van der Waals surface area contributed by atoms with Gasteiger partial charge >= 0.3 is 0 Å². The average Bonchev–Trinajstić information content (AvgIpc) is 3.00. The van der Waals surface area contributed by atoms with Crippen molar-refractivity contribution in [1.82, 2.24) is 14.4 Å². The van der Waals surface area contributed by atoms with Crippen LogP contribution in [0.1, 0.15) is 5.56 Å². The Hall–Kier alpha value is -2.88. The van der Waals surface area contributed by atoms with Crippen LogP contribution < -0.4 is 5.32 Å². The molecule has 2 heterocycles. The monoisotopic (exact) mass is 274 g/mol. The molecular weight excluding hydrogens is 260 g/mol. The standard InChI is InChI=1S/C17H14N4/c1-12-6-2-3-7-13(12)19-17-16-10-18-11-21(16)15-9-5-4-8-14(15)20-17/h2-11H,1H3,(H,19,20). The molecule has 0 spiro atoms. The second kappa shape index (κ2) is 4.59. The van der Waals surface area contributed by atoms with Gasteiger partial charge in [-0.1, -0.05) is 30.3 Å². The number of nitrogens with zero attached hydrogens (tertiary/aromatic N) is 3. The van der Waals surface area contributed by atoms with E-state index in [-0.39, 0.29) is 0 Å². The summed E-state index contributed by atoms with van der Waals surface area (Å²) in [5.74, 6) is 0.820. The van der Waals surface area contributed by atoms with Crippen molar-refractivity contribution in [2.75, 3.05) is 5.32 Å². The molecule has 0 fully saturated rings. The van der Waals surface area contributed by atoms with Gasteiger partial charge in [0, 0.05) is 5.69 Å². The van der Waals surface area contributed by atoms with E-state index in [1.54, 1.807) is 0 Å². The molecule has 0 aliphatic carbocycles. The van der Waals surface area contributed by atoms with E-state index in [2.05, 4.69) is 39.8 Å². The molecule has 2 aromatic heterocycles. The van der Waals surface area contributed by atoms with Crippen LogP contribution in [0, 0.1) is 6.92 Å². The summed E-state index contributed by atoms with van der Waals surface area (Å²) in [6.07, 6.45) is 3.66. The molecule has 4 nitrogen and oxygen atoms in total. The molecule has 0 amide bonds. The smallest absolute Gasteiger partial charge is 0.157 e. The molecule has 0 saturated carbocycles. The molecule has 102 valence electrons. The fourth-order valence-electron chi connectivity index (χ4n) is 2.54. The van der Waals surface area contributed by atoms with E-state index in [1.165, 1.54) is 5.56 Å². The summed E-state index contributed by atoms with van der Waals surface area (Å²) in [5.41, 5.74) is 5.21.